The number of morpholine rings is 1. The highest BCUT2D eigenvalue weighted by Crippen LogP contribution is 2.11. The number of ether oxygens (including phenoxy) is 1. The van der Waals surface area contributed by atoms with Crippen molar-refractivity contribution < 1.29 is 9.53 Å². The number of carbonyl (C=O) groups is 1. The van der Waals surface area contributed by atoms with Crippen LogP contribution in [0.25, 0.3) is 0 Å². The van der Waals surface area contributed by atoms with Gasteiger partial charge in [-0.3, -0.25) is 9.69 Å². The average molecular weight is 143 g/mol. The first kappa shape index (κ1) is 7.54. The molecule has 0 amide bonds. The second-order valence-corrected chi connectivity index (χ2v) is 2.85. The second kappa shape index (κ2) is 2.58. The molecule has 10 heavy (non-hydrogen) atoms. The normalized spacial score (nSPS) is 35.7. The molecule has 0 N–H and O–H groups in total. The van der Waals surface area contributed by atoms with Gasteiger partial charge in [-0.25, -0.2) is 0 Å². The molecule has 1 saturated heterocycles. The molecule has 0 spiro atoms. The minimum absolute atomic E-state index is 0.0336. The molecule has 0 saturated carbocycles. The molecule has 3 heteroatoms. The van der Waals surface area contributed by atoms with Crippen molar-refractivity contribution in [2.75, 3.05) is 13.6 Å². The summed E-state index contributed by atoms with van der Waals surface area (Å²) in [5, 5.41) is 0. The number of carbonyl (C=O) groups excluding carboxylic acids is 1. The number of nitrogens with zero attached hydrogens (tertiary/aromatic N) is 1. The Balaban J connectivity index is 2.57. The van der Waals surface area contributed by atoms with Crippen molar-refractivity contribution >= 4 is 5.97 Å². The van der Waals surface area contributed by atoms with E-state index in [4.69, 9.17) is 4.74 Å². The van der Waals surface area contributed by atoms with Gasteiger partial charge in [0, 0.05) is 6.04 Å². The summed E-state index contributed by atoms with van der Waals surface area (Å²) in [4.78, 5) is 12.8. The Hall–Kier alpha value is -0.570. The summed E-state index contributed by atoms with van der Waals surface area (Å²) in [7, 11) is 1.93. The Labute approximate surface area is 61.0 Å². The maximum absolute atomic E-state index is 10.8. The van der Waals surface area contributed by atoms with E-state index in [2.05, 4.69) is 6.92 Å². The third kappa shape index (κ3) is 1.29. The molecular formula is C7H13NO2. The predicted octanol–water partition coefficient (Wildman–Crippen LogP) is 0.252. The summed E-state index contributed by atoms with van der Waals surface area (Å²) >= 11 is 0. The maximum atomic E-state index is 10.8. The van der Waals surface area contributed by atoms with Crippen molar-refractivity contribution in [2.24, 2.45) is 0 Å². The van der Waals surface area contributed by atoms with Gasteiger partial charge in [-0.15, -0.1) is 0 Å². The van der Waals surface area contributed by atoms with Crippen LogP contribution in [0.5, 0.6) is 0 Å². The maximum Gasteiger partial charge on any atom is 0.320 e. The van der Waals surface area contributed by atoms with Crippen molar-refractivity contribution in [2.45, 2.75) is 26.0 Å². The third-order valence-corrected chi connectivity index (χ3v) is 2.07. The van der Waals surface area contributed by atoms with E-state index < -0.39 is 0 Å². The standard InChI is InChI=1S/C7H13NO2/c1-5-6(2)10-7(9)4-8(5)3/h5-6H,4H2,1-3H3. The van der Waals surface area contributed by atoms with E-state index in [0.717, 1.165) is 0 Å². The van der Waals surface area contributed by atoms with Crippen LogP contribution in [0.3, 0.4) is 0 Å². The molecule has 1 aliphatic rings. The summed E-state index contributed by atoms with van der Waals surface area (Å²) < 4.78 is 4.99. The fraction of sp³-hybridized carbons (Fsp3) is 0.857. The van der Waals surface area contributed by atoms with Crippen LogP contribution in [0.15, 0.2) is 0 Å². The van der Waals surface area contributed by atoms with Crippen molar-refractivity contribution in [3.63, 3.8) is 0 Å². The Kier molecular flexibility index (Phi) is 1.94. The van der Waals surface area contributed by atoms with Crippen LogP contribution in [0.4, 0.5) is 0 Å². The lowest BCUT2D eigenvalue weighted by atomic mass is 10.1. The van der Waals surface area contributed by atoms with Gasteiger partial charge in [0.25, 0.3) is 0 Å². The van der Waals surface area contributed by atoms with E-state index in [1.807, 2.05) is 18.9 Å². The molecule has 0 aliphatic carbocycles. The van der Waals surface area contributed by atoms with Crippen LogP contribution in [0.1, 0.15) is 13.8 Å². The molecule has 58 valence electrons. The lowest BCUT2D eigenvalue weighted by Crippen LogP contribution is -2.48. The number of likely N-dealkylation sites (N-methyl/N-ethyl adjacent to an activating group) is 1. The Morgan fingerprint density at radius 1 is 1.60 bits per heavy atom. The molecule has 0 bridgehead atoms. The summed E-state index contributed by atoms with van der Waals surface area (Å²) in [5.41, 5.74) is 0. The predicted molar refractivity (Wildman–Crippen MR) is 37.6 cm³/mol. The van der Waals surface area contributed by atoms with Crippen LogP contribution in [-0.2, 0) is 9.53 Å². The third-order valence-electron chi connectivity index (χ3n) is 2.07. The lowest BCUT2D eigenvalue weighted by molar-refractivity contribution is -0.160. The van der Waals surface area contributed by atoms with E-state index >= 15 is 0 Å². The van der Waals surface area contributed by atoms with Gasteiger partial charge in [-0.05, 0) is 20.9 Å². The lowest BCUT2D eigenvalue weighted by Gasteiger charge is -2.33. The van der Waals surface area contributed by atoms with Gasteiger partial charge in [-0.2, -0.15) is 0 Å². The van der Waals surface area contributed by atoms with E-state index in [-0.39, 0.29) is 12.1 Å². The first-order chi connectivity index (χ1) is 4.61. The van der Waals surface area contributed by atoms with Gasteiger partial charge < -0.3 is 4.74 Å². The first-order valence-electron chi connectivity index (χ1n) is 3.51. The zero-order valence-corrected chi connectivity index (χ0v) is 6.63. The topological polar surface area (TPSA) is 29.5 Å². The molecule has 1 rings (SSSR count). The number of rotatable bonds is 0. The van der Waals surface area contributed by atoms with Gasteiger partial charge in [0.1, 0.15) is 6.10 Å². The molecule has 1 heterocycles. The van der Waals surface area contributed by atoms with Gasteiger partial charge in [0.15, 0.2) is 0 Å². The highest BCUT2D eigenvalue weighted by atomic mass is 16.5. The number of esters is 1. The Morgan fingerprint density at radius 3 is 2.70 bits per heavy atom. The highest BCUT2D eigenvalue weighted by Gasteiger charge is 2.27. The van der Waals surface area contributed by atoms with E-state index in [0.29, 0.717) is 12.6 Å². The Morgan fingerprint density at radius 2 is 2.20 bits per heavy atom. The summed E-state index contributed by atoms with van der Waals surface area (Å²) in [6.07, 6.45) is 0.0336. The molecule has 0 aromatic heterocycles. The highest BCUT2D eigenvalue weighted by molar-refractivity contribution is 5.72. The van der Waals surface area contributed by atoms with E-state index in [1.165, 1.54) is 0 Å². The number of hydrogen-bond donors (Lipinski definition) is 0. The quantitative estimate of drug-likeness (QED) is 0.455. The van der Waals surface area contributed by atoms with Crippen molar-refractivity contribution in [1.29, 1.82) is 0 Å². The molecular weight excluding hydrogens is 130 g/mol. The average Bonchev–Trinajstić information content (AvgIpc) is 1.82. The fourth-order valence-corrected chi connectivity index (χ4v) is 1.05. The zero-order valence-electron chi connectivity index (χ0n) is 6.63. The molecule has 2 unspecified atom stereocenters. The smallest absolute Gasteiger partial charge is 0.320 e. The molecule has 0 radical (unpaired) electrons. The van der Waals surface area contributed by atoms with Crippen LogP contribution < -0.4 is 0 Å². The number of hydrogen-bond acceptors (Lipinski definition) is 3. The van der Waals surface area contributed by atoms with Gasteiger partial charge in [-0.1, -0.05) is 0 Å². The van der Waals surface area contributed by atoms with Crippen LogP contribution in [0.2, 0.25) is 0 Å². The minimum atomic E-state index is -0.117. The summed E-state index contributed by atoms with van der Waals surface area (Å²) in [5.74, 6) is -0.117. The molecule has 0 aromatic rings. The second-order valence-electron chi connectivity index (χ2n) is 2.85. The van der Waals surface area contributed by atoms with Crippen LogP contribution >= 0.6 is 0 Å². The first-order valence-corrected chi connectivity index (χ1v) is 3.51. The van der Waals surface area contributed by atoms with Gasteiger partial charge in [0.05, 0.1) is 6.54 Å². The summed E-state index contributed by atoms with van der Waals surface area (Å²) in [6, 6.07) is 0.345. The van der Waals surface area contributed by atoms with Crippen LogP contribution in [-0.4, -0.2) is 36.6 Å². The largest absolute Gasteiger partial charge is 0.460 e. The zero-order chi connectivity index (χ0) is 7.72. The number of cyclic esters (lactones) is 1. The van der Waals surface area contributed by atoms with Crippen LogP contribution in [0, 0.1) is 0 Å². The fourth-order valence-electron chi connectivity index (χ4n) is 1.05. The minimum Gasteiger partial charge on any atom is -0.460 e. The molecule has 3 nitrogen and oxygen atoms in total. The van der Waals surface area contributed by atoms with E-state index in [1.54, 1.807) is 0 Å². The SMILES string of the molecule is CC1OC(=O)CN(C)C1C. The van der Waals surface area contributed by atoms with Crippen molar-refractivity contribution in [3.8, 4) is 0 Å². The Bertz CT molecular complexity index is 133. The molecule has 1 fully saturated rings. The van der Waals surface area contributed by atoms with Crippen molar-refractivity contribution in [1.82, 2.24) is 4.90 Å². The van der Waals surface area contributed by atoms with Gasteiger partial charge >= 0.3 is 5.97 Å². The van der Waals surface area contributed by atoms with Crippen molar-refractivity contribution in [3.05, 3.63) is 0 Å². The monoisotopic (exact) mass is 143 g/mol. The van der Waals surface area contributed by atoms with E-state index in [9.17, 15) is 4.79 Å². The summed E-state index contributed by atoms with van der Waals surface area (Å²) in [6.45, 7) is 4.39. The molecule has 0 aromatic carbocycles. The molecule has 2 atom stereocenters. The molecule has 1 aliphatic heterocycles. The van der Waals surface area contributed by atoms with Gasteiger partial charge in [0.2, 0.25) is 0 Å².